The van der Waals surface area contributed by atoms with Gasteiger partial charge in [0.05, 0.1) is 6.61 Å². The Balaban J connectivity index is 0.00000300. The number of pyridine rings is 1. The predicted octanol–water partition coefficient (Wildman–Crippen LogP) is 4.15. The number of hydrogen-bond acceptors (Lipinski definition) is 4. The maximum absolute atomic E-state index is 5.94. The number of halogens is 1. The molecule has 6 nitrogen and oxygen atoms in total. The first-order valence-corrected chi connectivity index (χ1v) is 9.73. The molecule has 7 heteroatoms. The lowest BCUT2D eigenvalue weighted by Crippen LogP contribution is -2.39. The number of aliphatic imine (C=N–C) groups is 1. The van der Waals surface area contributed by atoms with Gasteiger partial charge in [0, 0.05) is 52.0 Å². The highest BCUT2D eigenvalue weighted by molar-refractivity contribution is 14.0. The van der Waals surface area contributed by atoms with Crippen LogP contribution in [0, 0.1) is 19.8 Å². The van der Waals surface area contributed by atoms with Crippen LogP contribution in [0.2, 0.25) is 0 Å². The zero-order valence-electron chi connectivity index (χ0n) is 17.6. The number of guanidine groups is 1. The lowest BCUT2D eigenvalue weighted by molar-refractivity contribution is 0.157. The molecule has 0 aliphatic carbocycles. The van der Waals surface area contributed by atoms with Gasteiger partial charge in [-0.05, 0) is 55.2 Å². The predicted molar refractivity (Wildman–Crippen MR) is 127 cm³/mol. The minimum Gasteiger partial charge on any atom is -0.439 e. The van der Waals surface area contributed by atoms with E-state index in [-0.39, 0.29) is 24.0 Å². The Morgan fingerprint density at radius 1 is 1.24 bits per heavy atom. The summed E-state index contributed by atoms with van der Waals surface area (Å²) >= 11 is 0. The van der Waals surface area contributed by atoms with Crippen LogP contribution >= 0.6 is 24.0 Å². The van der Waals surface area contributed by atoms with E-state index in [4.69, 9.17) is 9.47 Å². The highest BCUT2D eigenvalue weighted by Gasteiger charge is 2.24. The van der Waals surface area contributed by atoms with Crippen molar-refractivity contribution < 1.29 is 9.47 Å². The van der Waals surface area contributed by atoms with Crippen LogP contribution in [0.25, 0.3) is 0 Å². The molecule has 29 heavy (non-hydrogen) atoms. The summed E-state index contributed by atoms with van der Waals surface area (Å²) in [5, 5.41) is 3.45. The molecular weight excluding hydrogens is 479 g/mol. The van der Waals surface area contributed by atoms with Crippen LogP contribution in [-0.4, -0.2) is 49.7 Å². The van der Waals surface area contributed by atoms with Crippen molar-refractivity contribution in [3.8, 4) is 11.6 Å². The highest BCUT2D eigenvalue weighted by Crippen LogP contribution is 2.23. The maximum Gasteiger partial charge on any atom is 0.219 e. The first kappa shape index (κ1) is 23.4. The molecule has 0 spiro atoms. The van der Waals surface area contributed by atoms with Crippen molar-refractivity contribution in [3.05, 3.63) is 53.2 Å². The van der Waals surface area contributed by atoms with Crippen molar-refractivity contribution >= 4 is 29.9 Å². The van der Waals surface area contributed by atoms with Gasteiger partial charge in [-0.3, -0.25) is 4.99 Å². The molecule has 2 aromatic rings. The third-order valence-electron chi connectivity index (χ3n) is 5.15. The van der Waals surface area contributed by atoms with Gasteiger partial charge in [0.25, 0.3) is 0 Å². The smallest absolute Gasteiger partial charge is 0.219 e. The summed E-state index contributed by atoms with van der Waals surface area (Å²) in [6.45, 7) is 7.63. The molecule has 3 rings (SSSR count). The maximum atomic E-state index is 5.94. The topological polar surface area (TPSA) is 59.0 Å². The fourth-order valence-electron chi connectivity index (χ4n) is 3.42. The zero-order chi connectivity index (χ0) is 19.9. The van der Waals surface area contributed by atoms with Crippen LogP contribution in [0.1, 0.15) is 23.1 Å². The number of hydrogen-bond donors (Lipinski definition) is 1. The fourth-order valence-corrected chi connectivity index (χ4v) is 3.42. The second kappa shape index (κ2) is 11.3. The number of aromatic nitrogens is 1. The van der Waals surface area contributed by atoms with Crippen LogP contribution in [0.5, 0.6) is 11.6 Å². The van der Waals surface area contributed by atoms with Crippen molar-refractivity contribution in [1.29, 1.82) is 0 Å². The van der Waals surface area contributed by atoms with Gasteiger partial charge in [-0.25, -0.2) is 4.98 Å². The molecule has 0 radical (unpaired) electrons. The van der Waals surface area contributed by atoms with E-state index < -0.39 is 0 Å². The summed E-state index contributed by atoms with van der Waals surface area (Å²) in [6.07, 6.45) is 2.92. The Bertz CT molecular complexity index is 828. The molecule has 1 atom stereocenters. The molecule has 1 aliphatic rings. The number of likely N-dealkylation sites (tertiary alicyclic amines) is 1. The molecule has 0 bridgehead atoms. The molecule has 1 N–H and O–H groups in total. The lowest BCUT2D eigenvalue weighted by Gasteiger charge is -2.21. The van der Waals surface area contributed by atoms with Gasteiger partial charge in [0.15, 0.2) is 5.96 Å². The van der Waals surface area contributed by atoms with Crippen LogP contribution in [0.4, 0.5) is 0 Å². The summed E-state index contributed by atoms with van der Waals surface area (Å²) in [7, 11) is 3.59. The molecule has 1 aromatic carbocycles. The third-order valence-corrected chi connectivity index (χ3v) is 5.15. The van der Waals surface area contributed by atoms with E-state index in [9.17, 15) is 0 Å². The van der Waals surface area contributed by atoms with Crippen molar-refractivity contribution in [3.63, 3.8) is 0 Å². The fraction of sp³-hybridized carbons (Fsp3) is 0.455. The van der Waals surface area contributed by atoms with Gasteiger partial charge in [-0.1, -0.05) is 6.07 Å². The summed E-state index contributed by atoms with van der Waals surface area (Å²) in [5.41, 5.74) is 3.55. The van der Waals surface area contributed by atoms with Gasteiger partial charge in [-0.15, -0.1) is 24.0 Å². The SMILES string of the molecule is CN=C(NCc1ccnc(Oc2ccc(C)c(C)c2)c1)N1CCC(COC)C1.I. The molecule has 1 unspecified atom stereocenters. The van der Waals surface area contributed by atoms with Gasteiger partial charge in [0.2, 0.25) is 5.88 Å². The number of nitrogens with zero attached hydrogens (tertiary/aromatic N) is 3. The molecule has 1 aliphatic heterocycles. The van der Waals surface area contributed by atoms with Gasteiger partial charge in [-0.2, -0.15) is 0 Å². The second-order valence-electron chi connectivity index (χ2n) is 7.31. The Morgan fingerprint density at radius 2 is 2.07 bits per heavy atom. The Morgan fingerprint density at radius 3 is 2.79 bits per heavy atom. The van der Waals surface area contributed by atoms with Crippen LogP contribution in [0.3, 0.4) is 0 Å². The standard InChI is InChI=1S/C22H30N4O2.HI/c1-16-5-6-20(11-17(16)2)28-21-12-18(7-9-24-21)13-25-22(23-3)26-10-8-19(14-26)15-27-4;/h5-7,9,11-12,19H,8,10,13-15H2,1-4H3,(H,23,25);1H. The van der Waals surface area contributed by atoms with Gasteiger partial charge < -0.3 is 19.7 Å². The average Bonchev–Trinajstić information content (AvgIpc) is 3.14. The van der Waals surface area contributed by atoms with Crippen LogP contribution < -0.4 is 10.1 Å². The first-order valence-electron chi connectivity index (χ1n) is 9.73. The zero-order valence-corrected chi connectivity index (χ0v) is 20.0. The molecule has 1 saturated heterocycles. The number of methoxy groups -OCH3 is 1. The van der Waals surface area contributed by atoms with E-state index in [0.29, 0.717) is 18.3 Å². The Hall–Kier alpha value is -1.87. The van der Waals surface area contributed by atoms with Crippen molar-refractivity contribution in [2.45, 2.75) is 26.8 Å². The van der Waals surface area contributed by atoms with E-state index in [1.165, 1.54) is 11.1 Å². The Kier molecular flexibility index (Phi) is 9.16. The van der Waals surface area contributed by atoms with Crippen LogP contribution in [0.15, 0.2) is 41.5 Å². The second-order valence-corrected chi connectivity index (χ2v) is 7.31. The lowest BCUT2D eigenvalue weighted by atomic mass is 10.1. The van der Waals surface area contributed by atoms with Gasteiger partial charge in [0.1, 0.15) is 5.75 Å². The average molecular weight is 510 g/mol. The van der Waals surface area contributed by atoms with E-state index in [1.54, 1.807) is 13.3 Å². The molecular formula is C22H31IN4O2. The quantitative estimate of drug-likeness (QED) is 0.360. The largest absolute Gasteiger partial charge is 0.439 e. The van der Waals surface area contributed by atoms with E-state index in [1.807, 2.05) is 31.3 Å². The summed E-state index contributed by atoms with van der Waals surface area (Å²) in [4.78, 5) is 11.1. The molecule has 2 heterocycles. The summed E-state index contributed by atoms with van der Waals surface area (Å²) in [5.74, 6) is 2.89. The first-order chi connectivity index (χ1) is 13.6. The Labute approximate surface area is 190 Å². The van der Waals surface area contributed by atoms with Crippen molar-refractivity contribution in [1.82, 2.24) is 15.2 Å². The number of nitrogens with one attached hydrogen (secondary N) is 1. The molecule has 158 valence electrons. The molecule has 0 saturated carbocycles. The molecule has 1 aromatic heterocycles. The number of rotatable bonds is 6. The highest BCUT2D eigenvalue weighted by atomic mass is 127. The van der Waals surface area contributed by atoms with E-state index in [0.717, 1.165) is 43.4 Å². The molecule has 1 fully saturated rings. The summed E-state index contributed by atoms with van der Waals surface area (Å²) in [6, 6.07) is 10.0. The van der Waals surface area contributed by atoms with Crippen LogP contribution in [-0.2, 0) is 11.3 Å². The number of benzene rings is 1. The monoisotopic (exact) mass is 510 g/mol. The number of ether oxygens (including phenoxy) is 2. The van der Waals surface area contributed by atoms with Gasteiger partial charge >= 0.3 is 0 Å². The third kappa shape index (κ3) is 6.57. The van der Waals surface area contributed by atoms with E-state index >= 15 is 0 Å². The van der Waals surface area contributed by atoms with Crippen molar-refractivity contribution in [2.24, 2.45) is 10.9 Å². The van der Waals surface area contributed by atoms with E-state index in [2.05, 4.69) is 40.1 Å². The minimum atomic E-state index is 0. The number of aryl methyl sites for hydroxylation is 2. The molecule has 0 amide bonds. The summed E-state index contributed by atoms with van der Waals surface area (Å²) < 4.78 is 11.2. The normalized spacial score (nSPS) is 16.5. The minimum absolute atomic E-state index is 0. The van der Waals surface area contributed by atoms with Crippen molar-refractivity contribution in [2.75, 3.05) is 33.9 Å².